The van der Waals surface area contributed by atoms with Crippen LogP contribution in [0.1, 0.15) is 30.1 Å². The van der Waals surface area contributed by atoms with Crippen molar-refractivity contribution in [1.29, 1.82) is 0 Å². The molecule has 1 fully saturated rings. The summed E-state index contributed by atoms with van der Waals surface area (Å²) < 4.78 is 1.56. The molecule has 1 aliphatic rings. The number of piperidine rings is 1. The van der Waals surface area contributed by atoms with E-state index in [9.17, 15) is 14.7 Å². The summed E-state index contributed by atoms with van der Waals surface area (Å²) in [6.07, 6.45) is 4.48. The van der Waals surface area contributed by atoms with Crippen molar-refractivity contribution in [1.82, 2.24) is 14.7 Å². The molecule has 6 nitrogen and oxygen atoms in total. The highest BCUT2D eigenvalue weighted by Gasteiger charge is 2.39. The number of rotatable bonds is 2. The number of hydrogen-bond donors (Lipinski definition) is 1. The minimum absolute atomic E-state index is 0.143. The number of carboxylic acids is 1. The fraction of sp³-hybridized carbons (Fsp3) is 0.583. The van der Waals surface area contributed by atoms with Gasteiger partial charge in [0.1, 0.15) is 0 Å². The molecule has 1 atom stereocenters. The first-order valence-corrected chi connectivity index (χ1v) is 5.94. The van der Waals surface area contributed by atoms with Gasteiger partial charge < -0.3 is 10.0 Å². The number of carboxylic acid groups (broad SMARTS) is 1. The number of aryl methyl sites for hydroxylation is 1. The van der Waals surface area contributed by atoms with Gasteiger partial charge in [0, 0.05) is 26.3 Å². The zero-order valence-electron chi connectivity index (χ0n) is 10.6. The molecule has 0 aromatic carbocycles. The highest BCUT2D eigenvalue weighted by atomic mass is 16.4. The number of carbonyl (C=O) groups excluding carboxylic acids is 1. The molecule has 1 N–H and O–H groups in total. The Labute approximate surface area is 105 Å². The summed E-state index contributed by atoms with van der Waals surface area (Å²) in [5.41, 5.74) is -0.331. The van der Waals surface area contributed by atoms with Crippen molar-refractivity contribution in [3.05, 3.63) is 18.0 Å². The normalized spacial score (nSPS) is 24.0. The van der Waals surface area contributed by atoms with E-state index in [1.165, 1.54) is 6.20 Å². The molecule has 2 heterocycles. The van der Waals surface area contributed by atoms with Crippen LogP contribution in [-0.2, 0) is 11.8 Å². The van der Waals surface area contributed by atoms with E-state index in [-0.39, 0.29) is 12.5 Å². The van der Waals surface area contributed by atoms with E-state index in [0.29, 0.717) is 18.5 Å². The van der Waals surface area contributed by atoms with Crippen LogP contribution in [0, 0.1) is 5.41 Å². The molecule has 1 aliphatic heterocycles. The quantitative estimate of drug-likeness (QED) is 0.841. The first kappa shape index (κ1) is 12.6. The van der Waals surface area contributed by atoms with E-state index in [4.69, 9.17) is 0 Å². The molecule has 18 heavy (non-hydrogen) atoms. The van der Waals surface area contributed by atoms with Crippen LogP contribution in [0.3, 0.4) is 0 Å². The Morgan fingerprint density at radius 3 is 2.78 bits per heavy atom. The highest BCUT2D eigenvalue weighted by molar-refractivity contribution is 5.94. The molecule has 1 aromatic rings. The number of nitrogens with zero attached hydrogens (tertiary/aromatic N) is 3. The van der Waals surface area contributed by atoms with Crippen molar-refractivity contribution < 1.29 is 14.7 Å². The average molecular weight is 251 g/mol. The predicted molar refractivity (Wildman–Crippen MR) is 64.1 cm³/mol. The number of amides is 1. The Morgan fingerprint density at radius 2 is 2.22 bits per heavy atom. The molecule has 1 aromatic heterocycles. The van der Waals surface area contributed by atoms with Gasteiger partial charge in [-0.25, -0.2) is 0 Å². The van der Waals surface area contributed by atoms with Crippen molar-refractivity contribution in [3.63, 3.8) is 0 Å². The summed E-state index contributed by atoms with van der Waals surface area (Å²) in [5.74, 6) is -0.985. The fourth-order valence-corrected chi connectivity index (χ4v) is 2.30. The van der Waals surface area contributed by atoms with Gasteiger partial charge in [-0.1, -0.05) is 0 Å². The second-order valence-electron chi connectivity index (χ2n) is 5.10. The largest absolute Gasteiger partial charge is 0.481 e. The molecule has 6 heteroatoms. The van der Waals surface area contributed by atoms with E-state index < -0.39 is 11.4 Å². The first-order chi connectivity index (χ1) is 8.42. The van der Waals surface area contributed by atoms with Gasteiger partial charge in [-0.2, -0.15) is 5.10 Å². The molecule has 1 amide bonds. The SMILES string of the molecule is Cn1cc(C(=O)N2CCCC(C)(C(=O)O)C2)cn1. The molecule has 0 radical (unpaired) electrons. The van der Waals surface area contributed by atoms with E-state index in [2.05, 4.69) is 5.10 Å². The minimum atomic E-state index is -0.841. The van der Waals surface area contributed by atoms with Crippen molar-refractivity contribution in [2.24, 2.45) is 12.5 Å². The van der Waals surface area contributed by atoms with Crippen LogP contribution in [0.15, 0.2) is 12.4 Å². The molecule has 0 bridgehead atoms. The molecular formula is C12H17N3O3. The third-order valence-corrected chi connectivity index (χ3v) is 3.45. The fourth-order valence-electron chi connectivity index (χ4n) is 2.30. The molecule has 1 saturated heterocycles. The van der Waals surface area contributed by atoms with Gasteiger partial charge in [0.25, 0.3) is 5.91 Å². The van der Waals surface area contributed by atoms with Crippen molar-refractivity contribution in [2.75, 3.05) is 13.1 Å². The van der Waals surface area contributed by atoms with E-state index in [0.717, 1.165) is 6.42 Å². The topological polar surface area (TPSA) is 75.4 Å². The Bertz CT molecular complexity index is 483. The number of hydrogen-bond acceptors (Lipinski definition) is 3. The zero-order chi connectivity index (χ0) is 13.3. The van der Waals surface area contributed by atoms with Crippen molar-refractivity contribution >= 4 is 11.9 Å². The van der Waals surface area contributed by atoms with Crippen molar-refractivity contribution in [2.45, 2.75) is 19.8 Å². The van der Waals surface area contributed by atoms with Crippen LogP contribution in [-0.4, -0.2) is 44.8 Å². The van der Waals surface area contributed by atoms with E-state index in [1.54, 1.807) is 29.7 Å². The molecule has 0 spiro atoms. The third kappa shape index (κ3) is 2.23. The number of aliphatic carboxylic acids is 1. The second kappa shape index (κ2) is 4.44. The Morgan fingerprint density at radius 1 is 1.50 bits per heavy atom. The summed E-state index contributed by atoms with van der Waals surface area (Å²) >= 11 is 0. The summed E-state index contributed by atoms with van der Waals surface area (Å²) in [5, 5.41) is 13.2. The van der Waals surface area contributed by atoms with Crippen LogP contribution >= 0.6 is 0 Å². The third-order valence-electron chi connectivity index (χ3n) is 3.45. The van der Waals surface area contributed by atoms with Gasteiger partial charge in [0.05, 0.1) is 17.2 Å². The molecule has 0 saturated carbocycles. The second-order valence-corrected chi connectivity index (χ2v) is 5.10. The molecular weight excluding hydrogens is 234 g/mol. The van der Waals surface area contributed by atoms with Gasteiger partial charge >= 0.3 is 5.97 Å². The molecule has 98 valence electrons. The minimum Gasteiger partial charge on any atom is -0.481 e. The summed E-state index contributed by atoms with van der Waals surface area (Å²) in [7, 11) is 1.74. The summed E-state index contributed by atoms with van der Waals surface area (Å²) in [6.45, 7) is 2.56. The van der Waals surface area contributed by atoms with Crippen LogP contribution < -0.4 is 0 Å². The van der Waals surface area contributed by atoms with Gasteiger partial charge in [-0.3, -0.25) is 14.3 Å². The van der Waals surface area contributed by atoms with Gasteiger partial charge in [0.2, 0.25) is 0 Å². The standard InChI is InChI=1S/C12H17N3O3/c1-12(11(17)18)4-3-5-15(8-12)10(16)9-6-13-14(2)7-9/h6-7H,3-5,8H2,1-2H3,(H,17,18). The van der Waals surface area contributed by atoms with Crippen LogP contribution in [0.25, 0.3) is 0 Å². The van der Waals surface area contributed by atoms with Crippen molar-refractivity contribution in [3.8, 4) is 0 Å². The van der Waals surface area contributed by atoms with Crippen LogP contribution in [0.2, 0.25) is 0 Å². The Hall–Kier alpha value is -1.85. The number of carbonyl (C=O) groups is 2. The van der Waals surface area contributed by atoms with E-state index >= 15 is 0 Å². The van der Waals surface area contributed by atoms with Gasteiger partial charge in [-0.05, 0) is 19.8 Å². The van der Waals surface area contributed by atoms with E-state index in [1.807, 2.05) is 0 Å². The van der Waals surface area contributed by atoms with Crippen LogP contribution in [0.4, 0.5) is 0 Å². The lowest BCUT2D eigenvalue weighted by atomic mass is 9.82. The Balaban J connectivity index is 2.14. The number of aromatic nitrogens is 2. The highest BCUT2D eigenvalue weighted by Crippen LogP contribution is 2.30. The smallest absolute Gasteiger partial charge is 0.311 e. The van der Waals surface area contributed by atoms with Gasteiger partial charge in [0.15, 0.2) is 0 Å². The molecule has 2 rings (SSSR count). The first-order valence-electron chi connectivity index (χ1n) is 5.94. The lowest BCUT2D eigenvalue weighted by Gasteiger charge is -2.37. The number of likely N-dealkylation sites (tertiary alicyclic amines) is 1. The lowest BCUT2D eigenvalue weighted by Crippen LogP contribution is -2.48. The maximum Gasteiger partial charge on any atom is 0.311 e. The molecule has 0 aliphatic carbocycles. The maximum atomic E-state index is 12.2. The average Bonchev–Trinajstić information content (AvgIpc) is 2.75. The monoisotopic (exact) mass is 251 g/mol. The summed E-state index contributed by atoms with van der Waals surface area (Å²) in [4.78, 5) is 25.0. The molecule has 1 unspecified atom stereocenters. The van der Waals surface area contributed by atoms with Gasteiger partial charge in [-0.15, -0.1) is 0 Å². The maximum absolute atomic E-state index is 12.2. The Kier molecular flexibility index (Phi) is 3.11. The lowest BCUT2D eigenvalue weighted by molar-refractivity contribution is -0.150. The zero-order valence-corrected chi connectivity index (χ0v) is 10.6. The summed E-state index contributed by atoms with van der Waals surface area (Å²) in [6, 6.07) is 0. The van der Waals surface area contributed by atoms with Crippen LogP contribution in [0.5, 0.6) is 0 Å². The predicted octanol–water partition coefficient (Wildman–Crippen LogP) is 0.747.